The van der Waals surface area contributed by atoms with Crippen molar-refractivity contribution in [3.63, 3.8) is 0 Å². The summed E-state index contributed by atoms with van der Waals surface area (Å²) in [5.41, 5.74) is 4.56. The monoisotopic (exact) mass is 1250 g/mol. The second-order valence-corrected chi connectivity index (χ2v) is 23.4. The van der Waals surface area contributed by atoms with Crippen molar-refractivity contribution in [1.82, 2.24) is 0 Å². The molecule has 0 saturated carbocycles. The maximum absolute atomic E-state index is 13.7. The number of nitrogens with zero attached hydrogens (tertiary/aromatic N) is 6. The molecule has 470 valence electrons. The minimum absolute atomic E-state index is 0.000854. The van der Waals surface area contributed by atoms with Gasteiger partial charge in [-0.2, -0.15) is 13.2 Å². The maximum Gasteiger partial charge on any atom is 0.504 e. The highest BCUT2D eigenvalue weighted by Gasteiger charge is 2.52. The fraction of sp³-hybridized carbons (Fsp3) is 0.464. The van der Waals surface area contributed by atoms with Crippen LogP contribution in [0.3, 0.4) is 0 Å². The summed E-state index contributed by atoms with van der Waals surface area (Å²) in [6.07, 6.45) is -9.03. The first-order valence-electron chi connectivity index (χ1n) is 26.7. The van der Waals surface area contributed by atoms with Gasteiger partial charge in [-0.1, -0.05) is 36.3 Å². The molecule has 0 radical (unpaired) electrons. The van der Waals surface area contributed by atoms with Crippen LogP contribution in [0.25, 0.3) is 20.9 Å². The Hall–Kier alpha value is -8.26. The van der Waals surface area contributed by atoms with Crippen molar-refractivity contribution in [2.45, 2.75) is 145 Å². The van der Waals surface area contributed by atoms with Crippen LogP contribution in [0.15, 0.2) is 46.0 Å². The molecule has 2 aliphatic heterocycles. The predicted molar refractivity (Wildman–Crippen MR) is 291 cm³/mol. The van der Waals surface area contributed by atoms with Gasteiger partial charge < -0.3 is 69.3 Å². The number of aromatic hydroxyl groups is 4. The van der Waals surface area contributed by atoms with Gasteiger partial charge in [0.2, 0.25) is 11.6 Å². The number of azide groups is 2. The van der Waals surface area contributed by atoms with Gasteiger partial charge in [-0.05, 0) is 56.8 Å². The van der Waals surface area contributed by atoms with Crippen LogP contribution >= 0.6 is 0 Å². The minimum Gasteiger partial charge on any atom is -0.507 e. The first-order chi connectivity index (χ1) is 41.1. The molecule has 4 aromatic carbocycles. The fourth-order valence-electron chi connectivity index (χ4n) is 11.7. The molecule has 12 atom stereocenters. The Kier molecular flexibility index (Phi) is 18.2. The highest BCUT2D eigenvalue weighted by atomic mass is 32.2. The van der Waals surface area contributed by atoms with Crippen LogP contribution in [0.2, 0.25) is 0 Å². The van der Waals surface area contributed by atoms with Gasteiger partial charge in [0.1, 0.15) is 45.7 Å². The molecular weight excluding hydrogens is 1200 g/mol. The number of aliphatic hydroxyl groups excluding tert-OH is 2. The summed E-state index contributed by atoms with van der Waals surface area (Å²) in [7, 11) is -2.96. The molecule has 0 amide bonds. The smallest absolute Gasteiger partial charge is 0.504 e. The van der Waals surface area contributed by atoms with Gasteiger partial charge in [0.15, 0.2) is 35.7 Å². The van der Waals surface area contributed by atoms with Gasteiger partial charge >= 0.3 is 15.5 Å². The van der Waals surface area contributed by atoms with E-state index in [9.17, 15) is 91.2 Å². The highest BCUT2D eigenvalue weighted by Crippen LogP contribution is 2.55. The summed E-state index contributed by atoms with van der Waals surface area (Å²) in [4.78, 5) is 83.6. The van der Waals surface area contributed by atoms with Crippen molar-refractivity contribution >= 4 is 44.7 Å². The number of aliphatic hydroxyl groups is 4. The molecule has 88 heavy (non-hydrogen) atoms. The third-order valence-corrected chi connectivity index (χ3v) is 17.3. The largest absolute Gasteiger partial charge is 0.507 e. The Morgan fingerprint density at radius 2 is 1.03 bits per heavy atom. The third-order valence-electron chi connectivity index (χ3n) is 16.4. The average molecular weight is 1260 g/mol. The summed E-state index contributed by atoms with van der Waals surface area (Å²) in [6, 6.07) is 7.94. The Morgan fingerprint density at radius 3 is 1.39 bits per heavy atom. The SMILES string of the molecule is COc1cccc2c1C(=O)c1c(O)c3c(c(O)c1C2=O)C[C@@](O)(C(C)=O)C[C@@H]3OC1CC(C)C(O)C(C)O1.COc1cccc2c1C(=O)c1c(O)c3c(c(O)c1C2=O)C[C@@](O)(C(C)=O)C[C@@H]3OC1CC(N=[N+]=[N-])C(O)C(C)O1.[N-]=[N+]=NS(=O)(=O)C(F)(F)F. The molecule has 10 rings (SSSR count). The van der Waals surface area contributed by atoms with Gasteiger partial charge in [-0.3, -0.25) is 28.8 Å². The molecule has 4 aliphatic carbocycles. The van der Waals surface area contributed by atoms with Crippen molar-refractivity contribution in [1.29, 1.82) is 0 Å². The van der Waals surface area contributed by atoms with Crippen LogP contribution in [-0.2, 0) is 51.4 Å². The Labute approximate surface area is 496 Å². The van der Waals surface area contributed by atoms with Crippen LogP contribution in [0.1, 0.15) is 158 Å². The summed E-state index contributed by atoms with van der Waals surface area (Å²) >= 11 is 0. The van der Waals surface area contributed by atoms with E-state index in [0.29, 0.717) is 0 Å². The zero-order valence-electron chi connectivity index (χ0n) is 47.5. The Morgan fingerprint density at radius 1 is 0.636 bits per heavy atom. The number of Topliss-reactive ketones (excluding diaryl/α,β-unsaturated/α-hetero) is 2. The lowest BCUT2D eigenvalue weighted by atomic mass is 9.72. The molecule has 0 aromatic heterocycles. The van der Waals surface area contributed by atoms with E-state index in [1.54, 1.807) is 11.4 Å². The maximum atomic E-state index is 13.7. The number of sulfonamides is 1. The van der Waals surface area contributed by atoms with Crippen LogP contribution in [-0.4, -0.2) is 158 Å². The number of fused-ring (bicyclic) bond motifs is 6. The highest BCUT2D eigenvalue weighted by molar-refractivity contribution is 7.90. The molecule has 0 spiro atoms. The van der Waals surface area contributed by atoms with Crippen LogP contribution < -0.4 is 9.47 Å². The number of phenolic OH excluding ortho intramolecular Hbond substituents is 4. The molecule has 0 bridgehead atoms. The quantitative estimate of drug-likeness (QED) is 0.0344. The Balaban J connectivity index is 0.000000198. The van der Waals surface area contributed by atoms with Crippen molar-refractivity contribution in [3.8, 4) is 34.5 Å². The minimum atomic E-state index is -5.64. The number of rotatable bonds is 10. The number of phenols is 4. The van der Waals surface area contributed by atoms with Crippen molar-refractivity contribution < 1.29 is 120 Å². The molecule has 2 saturated heterocycles. The molecular formula is C56H57F3N6O22S. The van der Waals surface area contributed by atoms with E-state index in [-0.39, 0.29) is 87.6 Å². The lowest BCUT2D eigenvalue weighted by molar-refractivity contribution is -0.255. The molecule has 4 aromatic rings. The number of ketones is 6. The second-order valence-electron chi connectivity index (χ2n) is 21.8. The van der Waals surface area contributed by atoms with Crippen LogP contribution in [0, 0.1) is 5.92 Å². The van der Waals surface area contributed by atoms with Gasteiger partial charge in [0, 0.05) is 86.2 Å². The van der Waals surface area contributed by atoms with Crippen LogP contribution in [0.5, 0.6) is 34.5 Å². The zero-order chi connectivity index (χ0) is 65.2. The van der Waals surface area contributed by atoms with E-state index in [1.807, 2.05) is 6.92 Å². The number of ether oxygens (including phenoxy) is 6. The molecule has 2 fully saturated rings. The van der Waals surface area contributed by atoms with Crippen molar-refractivity contribution in [2.75, 3.05) is 14.2 Å². The third kappa shape index (κ3) is 11.5. The van der Waals surface area contributed by atoms with Gasteiger partial charge in [0.25, 0.3) is 0 Å². The number of alkyl halides is 3. The van der Waals surface area contributed by atoms with Crippen molar-refractivity contribution in [3.05, 3.63) is 124 Å². The van der Waals surface area contributed by atoms with E-state index in [4.69, 9.17) is 39.5 Å². The number of benzene rings is 4. The molecule has 2 heterocycles. The summed E-state index contributed by atoms with van der Waals surface area (Å²) in [5, 5.41) is 92.3. The van der Waals surface area contributed by atoms with Crippen molar-refractivity contribution in [2.24, 2.45) is 15.6 Å². The van der Waals surface area contributed by atoms with Gasteiger partial charge in [-0.15, -0.1) is 0 Å². The lowest BCUT2D eigenvalue weighted by Crippen LogP contribution is -2.49. The number of hydrogen-bond acceptors (Lipinski definition) is 23. The molecule has 32 heteroatoms. The second kappa shape index (κ2) is 24.4. The first-order valence-corrected chi connectivity index (χ1v) is 28.2. The van der Waals surface area contributed by atoms with E-state index >= 15 is 0 Å². The molecule has 8 N–H and O–H groups in total. The molecule has 8 unspecified atom stereocenters. The molecule has 28 nitrogen and oxygen atoms in total. The lowest BCUT2D eigenvalue weighted by Gasteiger charge is -2.42. The van der Waals surface area contributed by atoms with E-state index < -0.39 is 175 Å². The normalized spacial score (nSPS) is 27.7. The van der Waals surface area contributed by atoms with Gasteiger partial charge in [0.05, 0.1) is 90.3 Å². The fourth-order valence-corrected chi connectivity index (χ4v) is 11.9. The Bertz CT molecular complexity index is 3820. The number of carbonyl (C=O) groups is 6. The topological polar surface area (TPSA) is 451 Å². The van der Waals surface area contributed by atoms with Gasteiger partial charge in [-0.25, -0.2) is 8.42 Å². The summed E-state index contributed by atoms with van der Waals surface area (Å²) in [5.74, 6) is -6.61. The first kappa shape index (κ1) is 65.7. The number of hydrogen-bond donors (Lipinski definition) is 8. The number of halogens is 3. The van der Waals surface area contributed by atoms with E-state index in [0.717, 1.165) is 6.92 Å². The van der Waals surface area contributed by atoms with E-state index in [1.165, 1.54) is 69.4 Å². The standard InChI is InChI=1S/C28H30O10.C27H27N3O10.CF3N3O2S/c1-11-8-18(37-12(2)23(11)30)38-17-10-28(35,13(3)29)9-15-20(17)27(34)22-21(25(15)32)24(31)14-6-5-7-16(36-4)19(14)26(22)33;1-10-22(32)14(29-30-28)7-17(39-10)40-16-9-27(37,11(2)31)8-13-19(16)26(36)21-20(24(13)34)23(33)12-5-4-6-15(38-3)18(12)25(21)35;2-1(3,4)10(8,9)7-6-5/h5-7,11-12,17-18,23,30,32,34-35H,8-10H2,1-4H3;4-6,10,14,16-17,22,32,34,36-37H,7-9H2,1-3H3;/t11?,12?,17-,18?,23?,28-;10?,14?,16-,17?,22?,27-;/m00./s1. The molecule has 6 aliphatic rings. The predicted octanol–water partition coefficient (Wildman–Crippen LogP) is 5.86. The average Bonchev–Trinajstić information content (AvgIpc) is 0.729. The summed E-state index contributed by atoms with van der Waals surface area (Å²) in [6.45, 7) is 7.41. The number of carbonyl (C=O) groups excluding carboxylic acids is 6. The van der Waals surface area contributed by atoms with E-state index in [2.05, 4.69) is 10.0 Å². The number of methoxy groups -OCH3 is 2. The van der Waals surface area contributed by atoms with Crippen LogP contribution in [0.4, 0.5) is 13.2 Å². The summed E-state index contributed by atoms with van der Waals surface area (Å²) < 4.78 is 88.8. The zero-order valence-corrected chi connectivity index (χ0v) is 48.3.